The lowest BCUT2D eigenvalue weighted by atomic mass is 9.54. The number of aromatic amines is 1. The fraction of sp³-hybridized carbons (Fsp3) is 0.586. The lowest BCUT2D eigenvalue weighted by Gasteiger charge is -2.56. The molecule has 5 fully saturated rings. The van der Waals surface area contributed by atoms with Crippen LogP contribution in [0.3, 0.4) is 0 Å². The molecule has 0 radical (unpaired) electrons. The molecule has 37 heavy (non-hydrogen) atoms. The van der Waals surface area contributed by atoms with Crippen LogP contribution in [0.5, 0.6) is 0 Å². The van der Waals surface area contributed by atoms with Crippen molar-refractivity contribution in [2.24, 2.45) is 17.8 Å². The molecule has 4 bridgehead atoms. The van der Waals surface area contributed by atoms with Gasteiger partial charge < -0.3 is 19.4 Å². The monoisotopic (exact) mass is 502 g/mol. The second kappa shape index (κ2) is 9.08. The Bertz CT molecular complexity index is 1270. The summed E-state index contributed by atoms with van der Waals surface area (Å²) in [4.78, 5) is 24.7. The predicted molar refractivity (Wildman–Crippen MR) is 136 cm³/mol. The predicted octanol–water partition coefficient (Wildman–Crippen LogP) is 6.36. The van der Waals surface area contributed by atoms with Gasteiger partial charge in [-0.3, -0.25) is 0 Å². The summed E-state index contributed by atoms with van der Waals surface area (Å²) in [6.45, 7) is 0.472. The molecule has 1 aromatic carbocycles. The van der Waals surface area contributed by atoms with E-state index < -0.39 is 5.97 Å². The molecular formula is C29H34N4O4. The van der Waals surface area contributed by atoms with E-state index in [9.17, 15) is 9.90 Å². The molecule has 2 heterocycles. The Labute approximate surface area is 216 Å². The lowest BCUT2D eigenvalue weighted by Crippen LogP contribution is -2.51. The molecule has 0 saturated heterocycles. The van der Waals surface area contributed by atoms with E-state index in [2.05, 4.69) is 15.1 Å². The number of nitrogens with zero attached hydrogens (tertiary/aromatic N) is 3. The highest BCUT2D eigenvalue weighted by atomic mass is 16.5. The van der Waals surface area contributed by atoms with Crippen LogP contribution < -0.4 is 0 Å². The number of aromatic nitrogens is 4. The van der Waals surface area contributed by atoms with E-state index >= 15 is 0 Å². The zero-order valence-electron chi connectivity index (χ0n) is 21.1. The van der Waals surface area contributed by atoms with Crippen LogP contribution in [-0.4, -0.2) is 36.8 Å². The van der Waals surface area contributed by atoms with Gasteiger partial charge in [-0.05, 0) is 87.3 Å². The zero-order chi connectivity index (χ0) is 25.0. The number of carbonyl (C=O) groups is 1. The summed E-state index contributed by atoms with van der Waals surface area (Å²) in [5.41, 5.74) is 2.37. The highest BCUT2D eigenvalue weighted by Gasteiger charge is 2.51. The molecule has 5 saturated carbocycles. The molecule has 5 aliphatic rings. The molecule has 8 nitrogen and oxygen atoms in total. The maximum atomic E-state index is 11.4. The van der Waals surface area contributed by atoms with Crippen molar-refractivity contribution >= 4 is 5.97 Å². The third kappa shape index (κ3) is 4.39. The summed E-state index contributed by atoms with van der Waals surface area (Å²) in [5, 5.41) is 13.6. The maximum Gasteiger partial charge on any atom is 0.335 e. The van der Waals surface area contributed by atoms with Crippen LogP contribution >= 0.6 is 0 Å². The Kier molecular flexibility index (Phi) is 5.68. The van der Waals surface area contributed by atoms with Crippen molar-refractivity contribution in [1.82, 2.24) is 20.1 Å². The Morgan fingerprint density at radius 1 is 1.05 bits per heavy atom. The number of aromatic carboxylic acids is 1. The van der Waals surface area contributed by atoms with Gasteiger partial charge in [0.2, 0.25) is 5.82 Å². The first-order valence-electron chi connectivity index (χ1n) is 13.9. The molecule has 8 heteroatoms. The average molecular weight is 503 g/mol. The molecule has 0 amide bonds. The van der Waals surface area contributed by atoms with Crippen molar-refractivity contribution in [1.29, 1.82) is 0 Å². The fourth-order valence-electron chi connectivity index (χ4n) is 7.94. The van der Waals surface area contributed by atoms with Crippen LogP contribution in [0.25, 0.3) is 23.0 Å². The van der Waals surface area contributed by atoms with Crippen LogP contribution in [0.15, 0.2) is 28.8 Å². The molecule has 8 rings (SSSR count). The van der Waals surface area contributed by atoms with E-state index in [4.69, 9.17) is 14.2 Å². The topological polar surface area (TPSA) is 114 Å². The van der Waals surface area contributed by atoms with Gasteiger partial charge in [-0.25, -0.2) is 9.78 Å². The number of ether oxygens (including phenoxy) is 1. The minimum Gasteiger partial charge on any atom is -0.478 e. The highest BCUT2D eigenvalue weighted by molar-refractivity contribution is 5.89. The van der Waals surface area contributed by atoms with Crippen LogP contribution in [-0.2, 0) is 11.3 Å². The number of hydrogen-bond acceptors (Lipinski definition) is 6. The van der Waals surface area contributed by atoms with Gasteiger partial charge in [-0.1, -0.05) is 30.5 Å². The number of H-pyrrole nitrogens is 1. The van der Waals surface area contributed by atoms with E-state index in [0.29, 0.717) is 29.6 Å². The summed E-state index contributed by atoms with van der Waals surface area (Å²) < 4.78 is 12.4. The first kappa shape index (κ1) is 23.1. The molecule has 2 aromatic heterocycles. The molecule has 2 N–H and O–H groups in total. The smallest absolute Gasteiger partial charge is 0.335 e. The standard InChI is InChI=1S/C29H34N4O4/c34-28(35)22-8-4-7-21(12-22)27-32-26(33-37-27)24-23(30-25(31-24)20-5-2-1-3-6-20)16-36-29-13-17-9-18(14-29)11-19(10-17)15-29/h4,7-8,12,17-20H,1-3,5-6,9-11,13-16H2,(H,30,31)(H,34,35). The zero-order valence-corrected chi connectivity index (χ0v) is 21.1. The largest absolute Gasteiger partial charge is 0.478 e. The van der Waals surface area contributed by atoms with Crippen molar-refractivity contribution in [2.75, 3.05) is 0 Å². The fourth-order valence-corrected chi connectivity index (χ4v) is 7.94. The second-order valence-corrected chi connectivity index (χ2v) is 12.0. The molecule has 0 aliphatic heterocycles. The Hall–Kier alpha value is -3.00. The number of carboxylic acids is 1. The number of hydrogen-bond donors (Lipinski definition) is 2. The maximum absolute atomic E-state index is 11.4. The Morgan fingerprint density at radius 3 is 2.49 bits per heavy atom. The Balaban J connectivity index is 1.18. The Morgan fingerprint density at radius 2 is 1.78 bits per heavy atom. The third-order valence-corrected chi connectivity index (χ3v) is 9.29. The summed E-state index contributed by atoms with van der Waals surface area (Å²) >= 11 is 0. The van der Waals surface area contributed by atoms with Crippen LogP contribution in [0.1, 0.15) is 98.4 Å². The van der Waals surface area contributed by atoms with Gasteiger partial charge in [0.1, 0.15) is 11.5 Å². The first-order chi connectivity index (χ1) is 18.0. The molecule has 0 atom stereocenters. The van der Waals surface area contributed by atoms with Gasteiger partial charge >= 0.3 is 5.97 Å². The molecule has 0 spiro atoms. The number of benzene rings is 1. The summed E-state index contributed by atoms with van der Waals surface area (Å²) in [6, 6.07) is 6.56. The third-order valence-electron chi connectivity index (χ3n) is 9.29. The van der Waals surface area contributed by atoms with Gasteiger partial charge in [0.05, 0.1) is 23.5 Å². The van der Waals surface area contributed by atoms with Gasteiger partial charge in [0.15, 0.2) is 0 Å². The van der Waals surface area contributed by atoms with Crippen molar-refractivity contribution < 1.29 is 19.2 Å². The van der Waals surface area contributed by atoms with E-state index in [1.54, 1.807) is 24.3 Å². The van der Waals surface area contributed by atoms with Crippen LogP contribution in [0, 0.1) is 17.8 Å². The molecule has 0 unspecified atom stereocenters. The van der Waals surface area contributed by atoms with Crippen molar-refractivity contribution in [3.05, 3.63) is 41.3 Å². The van der Waals surface area contributed by atoms with Gasteiger partial charge in [-0.2, -0.15) is 4.98 Å². The first-order valence-corrected chi connectivity index (χ1v) is 13.9. The average Bonchev–Trinajstić information content (AvgIpc) is 3.55. The second-order valence-electron chi connectivity index (χ2n) is 12.0. The number of nitrogens with one attached hydrogen (secondary N) is 1. The summed E-state index contributed by atoms with van der Waals surface area (Å²) in [6.07, 6.45) is 13.7. The molecule has 3 aromatic rings. The molecular weight excluding hydrogens is 468 g/mol. The van der Waals surface area contributed by atoms with Crippen LogP contribution in [0.2, 0.25) is 0 Å². The van der Waals surface area contributed by atoms with Crippen molar-refractivity contribution in [3.63, 3.8) is 0 Å². The quantitative estimate of drug-likeness (QED) is 0.386. The highest BCUT2D eigenvalue weighted by Crippen LogP contribution is 2.57. The van der Waals surface area contributed by atoms with Gasteiger partial charge in [-0.15, -0.1) is 0 Å². The van der Waals surface area contributed by atoms with Crippen molar-refractivity contribution in [3.8, 4) is 23.0 Å². The van der Waals surface area contributed by atoms with E-state index in [-0.39, 0.29) is 17.1 Å². The van der Waals surface area contributed by atoms with E-state index in [1.807, 2.05) is 0 Å². The van der Waals surface area contributed by atoms with Crippen molar-refractivity contribution in [2.45, 2.75) is 88.8 Å². The minimum atomic E-state index is -0.991. The molecule has 5 aliphatic carbocycles. The lowest BCUT2D eigenvalue weighted by molar-refractivity contribution is -0.169. The van der Waals surface area contributed by atoms with E-state index in [1.165, 1.54) is 57.8 Å². The minimum absolute atomic E-state index is 0.00180. The summed E-state index contributed by atoms with van der Waals surface area (Å²) in [7, 11) is 0. The number of rotatable bonds is 7. The van der Waals surface area contributed by atoms with E-state index in [0.717, 1.165) is 42.1 Å². The normalized spacial score (nSPS) is 29.1. The van der Waals surface area contributed by atoms with Gasteiger partial charge in [0, 0.05) is 11.5 Å². The number of imidazole rings is 1. The molecule has 194 valence electrons. The summed E-state index contributed by atoms with van der Waals surface area (Å²) in [5.74, 6) is 3.60. The SMILES string of the molecule is O=C(O)c1cccc(-c2nc(-c3nc(C4CCCCC4)[nH]c3COC34CC5CC(CC(C5)C3)C4)no2)c1. The number of carboxylic acid groups (broad SMARTS) is 1. The van der Waals surface area contributed by atoms with Crippen LogP contribution in [0.4, 0.5) is 0 Å². The van der Waals surface area contributed by atoms with Gasteiger partial charge in [0.25, 0.3) is 5.89 Å².